The maximum atomic E-state index is 11.2. The highest BCUT2D eigenvalue weighted by atomic mass is 32.1. The summed E-state index contributed by atoms with van der Waals surface area (Å²) in [4.78, 5) is 11.2. The van der Waals surface area contributed by atoms with Gasteiger partial charge in [-0.3, -0.25) is 4.79 Å². The van der Waals surface area contributed by atoms with Crippen molar-refractivity contribution in [3.8, 4) is 0 Å². The highest BCUT2D eigenvalue weighted by molar-refractivity contribution is 7.11. The Balaban J connectivity index is 1.97. The molecule has 0 aliphatic carbocycles. The van der Waals surface area contributed by atoms with Crippen LogP contribution in [0.1, 0.15) is 15.9 Å². The number of nitrogens with one attached hydrogen (secondary N) is 1. The van der Waals surface area contributed by atoms with E-state index in [1.165, 1.54) is 5.56 Å². The van der Waals surface area contributed by atoms with Gasteiger partial charge in [0.15, 0.2) is 5.82 Å². The van der Waals surface area contributed by atoms with Gasteiger partial charge in [-0.2, -0.15) is 15.7 Å². The number of nitrogens with two attached hydrogens (primary N) is 2. The summed E-state index contributed by atoms with van der Waals surface area (Å²) < 4.78 is 3.91. The molecule has 0 unspecified atom stereocenters. The van der Waals surface area contributed by atoms with Crippen LogP contribution in [0.15, 0.2) is 16.8 Å². The lowest BCUT2D eigenvalue weighted by molar-refractivity contribution is 0.100. The number of carbonyl (C=O) groups is 1. The van der Waals surface area contributed by atoms with Crippen molar-refractivity contribution >= 4 is 39.6 Å². The molecule has 7 heteroatoms. The molecule has 1 amide bonds. The molecular weight excluding hydrogens is 256 g/mol. The van der Waals surface area contributed by atoms with Gasteiger partial charge in [0.1, 0.15) is 10.6 Å². The second-order valence-electron chi connectivity index (χ2n) is 3.44. The number of hydrogen-bond acceptors (Lipinski definition) is 6. The maximum absolute atomic E-state index is 11.2. The Hall–Kier alpha value is -1.60. The fourth-order valence-electron chi connectivity index (χ4n) is 1.42. The Kier molecular flexibility index (Phi) is 3.60. The predicted octanol–water partition coefficient (Wildman–Crippen LogP) is 1.54. The lowest BCUT2D eigenvalue weighted by Crippen LogP contribution is -2.15. The summed E-state index contributed by atoms with van der Waals surface area (Å²) in [6.45, 7) is 0.721. The first kappa shape index (κ1) is 11.9. The van der Waals surface area contributed by atoms with E-state index in [0.29, 0.717) is 10.6 Å². The van der Waals surface area contributed by atoms with Crippen LogP contribution in [0.25, 0.3) is 0 Å². The topological polar surface area (TPSA) is 94.0 Å². The number of primary amides is 1. The number of anilines is 2. The van der Waals surface area contributed by atoms with Crippen LogP contribution in [0.3, 0.4) is 0 Å². The first-order chi connectivity index (χ1) is 8.18. The third-order valence-electron chi connectivity index (χ3n) is 2.24. The molecule has 0 saturated carbocycles. The Labute approximate surface area is 107 Å². The molecule has 0 aliphatic rings. The van der Waals surface area contributed by atoms with Gasteiger partial charge < -0.3 is 16.8 Å². The molecule has 0 aliphatic heterocycles. The molecular formula is C10H12N4OS2. The van der Waals surface area contributed by atoms with Crippen molar-refractivity contribution < 1.29 is 4.79 Å². The predicted molar refractivity (Wildman–Crippen MR) is 71.6 cm³/mol. The fourth-order valence-corrected chi connectivity index (χ4v) is 2.86. The molecule has 0 saturated heterocycles. The van der Waals surface area contributed by atoms with E-state index < -0.39 is 5.91 Å². The van der Waals surface area contributed by atoms with Crippen LogP contribution >= 0.6 is 22.9 Å². The zero-order valence-corrected chi connectivity index (χ0v) is 10.6. The van der Waals surface area contributed by atoms with E-state index in [2.05, 4.69) is 21.1 Å². The van der Waals surface area contributed by atoms with Gasteiger partial charge in [-0.25, -0.2) is 0 Å². The number of nitrogens with zero attached hydrogens (tertiary/aromatic N) is 1. The van der Waals surface area contributed by atoms with Gasteiger partial charge in [0.05, 0.1) is 0 Å². The molecule has 0 atom stereocenters. The summed E-state index contributed by atoms with van der Waals surface area (Å²) in [5.74, 6) is -0.352. The van der Waals surface area contributed by atoms with E-state index in [9.17, 15) is 4.79 Å². The van der Waals surface area contributed by atoms with E-state index in [4.69, 9.17) is 11.5 Å². The molecule has 2 heterocycles. The average molecular weight is 268 g/mol. The van der Waals surface area contributed by atoms with Crippen LogP contribution < -0.4 is 16.8 Å². The largest absolute Gasteiger partial charge is 0.382 e. The van der Waals surface area contributed by atoms with Gasteiger partial charge >= 0.3 is 0 Å². The third kappa shape index (κ3) is 2.75. The quantitative estimate of drug-likeness (QED) is 0.766. The Bertz CT molecular complexity index is 506. The highest BCUT2D eigenvalue weighted by Crippen LogP contribution is 2.25. The van der Waals surface area contributed by atoms with Crippen molar-refractivity contribution in [3.05, 3.63) is 28.0 Å². The van der Waals surface area contributed by atoms with Crippen LogP contribution in [-0.4, -0.2) is 16.8 Å². The summed E-state index contributed by atoms with van der Waals surface area (Å²) in [5.41, 5.74) is 12.4. The molecule has 17 heavy (non-hydrogen) atoms. The smallest absolute Gasteiger partial charge is 0.255 e. The van der Waals surface area contributed by atoms with Crippen molar-refractivity contribution in [3.63, 3.8) is 0 Å². The highest BCUT2D eigenvalue weighted by Gasteiger charge is 2.15. The number of rotatable bonds is 5. The minimum Gasteiger partial charge on any atom is -0.382 e. The first-order valence-corrected chi connectivity index (χ1v) is 6.70. The van der Waals surface area contributed by atoms with Crippen LogP contribution in [0.2, 0.25) is 0 Å². The number of nitrogen functional groups attached to an aromatic ring is 1. The van der Waals surface area contributed by atoms with Gasteiger partial charge in [-0.1, -0.05) is 0 Å². The standard InChI is InChI=1S/C10H12N4OS2/c11-8-7(9(12)15)10(17-14-8)13-3-1-6-2-4-16-5-6/h2,4-5,13H,1,3H2,(H2,11,14)(H2,12,15). The van der Waals surface area contributed by atoms with Crippen LogP contribution in [0.5, 0.6) is 0 Å². The minimum atomic E-state index is -0.547. The monoisotopic (exact) mass is 268 g/mol. The molecule has 90 valence electrons. The first-order valence-electron chi connectivity index (χ1n) is 4.98. The number of thiophene rings is 1. The third-order valence-corrected chi connectivity index (χ3v) is 3.80. The minimum absolute atomic E-state index is 0.195. The molecule has 2 aromatic heterocycles. The van der Waals surface area contributed by atoms with Crippen LogP contribution in [0, 0.1) is 0 Å². The summed E-state index contributed by atoms with van der Waals surface area (Å²) in [7, 11) is 0. The van der Waals surface area contributed by atoms with E-state index in [1.54, 1.807) is 11.3 Å². The van der Waals surface area contributed by atoms with Gasteiger partial charge in [-0.15, -0.1) is 0 Å². The summed E-state index contributed by atoms with van der Waals surface area (Å²) >= 11 is 2.82. The molecule has 2 aromatic rings. The van der Waals surface area contributed by atoms with E-state index in [0.717, 1.165) is 24.5 Å². The number of aromatic nitrogens is 1. The normalized spacial score (nSPS) is 10.4. The number of carbonyl (C=O) groups excluding carboxylic acids is 1. The molecule has 5 nitrogen and oxygen atoms in total. The van der Waals surface area contributed by atoms with Crippen molar-refractivity contribution in [1.82, 2.24) is 4.37 Å². The summed E-state index contributed by atoms with van der Waals surface area (Å²) in [6.07, 6.45) is 0.888. The van der Waals surface area contributed by atoms with Crippen molar-refractivity contribution in [2.75, 3.05) is 17.6 Å². The van der Waals surface area contributed by atoms with Gasteiger partial charge in [-0.05, 0) is 40.3 Å². The summed E-state index contributed by atoms with van der Waals surface area (Å²) in [6, 6.07) is 2.07. The molecule has 0 aromatic carbocycles. The van der Waals surface area contributed by atoms with Gasteiger partial charge in [0, 0.05) is 6.54 Å². The van der Waals surface area contributed by atoms with E-state index in [-0.39, 0.29) is 5.82 Å². The zero-order valence-electron chi connectivity index (χ0n) is 8.97. The molecule has 5 N–H and O–H groups in total. The maximum Gasteiger partial charge on any atom is 0.255 e. The lowest BCUT2D eigenvalue weighted by atomic mass is 10.2. The van der Waals surface area contributed by atoms with Crippen LogP contribution in [-0.2, 0) is 6.42 Å². The number of hydrogen-bond donors (Lipinski definition) is 3. The molecule has 0 bridgehead atoms. The Morgan fingerprint density at radius 2 is 2.35 bits per heavy atom. The Morgan fingerprint density at radius 1 is 1.53 bits per heavy atom. The zero-order chi connectivity index (χ0) is 12.3. The van der Waals surface area contributed by atoms with Crippen molar-refractivity contribution in [2.45, 2.75) is 6.42 Å². The molecule has 2 rings (SSSR count). The van der Waals surface area contributed by atoms with Gasteiger partial charge in [0.2, 0.25) is 0 Å². The second-order valence-corrected chi connectivity index (χ2v) is 5.00. The van der Waals surface area contributed by atoms with Crippen molar-refractivity contribution in [1.29, 1.82) is 0 Å². The van der Waals surface area contributed by atoms with E-state index >= 15 is 0 Å². The second kappa shape index (κ2) is 5.15. The lowest BCUT2D eigenvalue weighted by Gasteiger charge is -2.03. The van der Waals surface area contributed by atoms with E-state index in [1.807, 2.05) is 5.38 Å². The summed E-state index contributed by atoms with van der Waals surface area (Å²) in [5, 5.41) is 7.91. The molecule has 0 fully saturated rings. The Morgan fingerprint density at radius 3 is 3.00 bits per heavy atom. The SMILES string of the molecule is NC(=O)c1c(N)nsc1NCCc1ccsc1. The number of amides is 1. The fraction of sp³-hybridized carbons (Fsp3) is 0.200. The average Bonchev–Trinajstić information content (AvgIpc) is 2.88. The molecule has 0 spiro atoms. The van der Waals surface area contributed by atoms with Crippen LogP contribution in [0.4, 0.5) is 10.8 Å². The van der Waals surface area contributed by atoms with Crippen molar-refractivity contribution in [2.24, 2.45) is 5.73 Å². The van der Waals surface area contributed by atoms with Gasteiger partial charge in [0.25, 0.3) is 5.91 Å². The molecule has 0 radical (unpaired) electrons.